The van der Waals surface area contributed by atoms with Gasteiger partial charge < -0.3 is 4.90 Å². The molecule has 1 saturated carbocycles. The molecule has 1 heterocycles. The highest BCUT2D eigenvalue weighted by molar-refractivity contribution is 5.58. The smallest absolute Gasteiger partial charge is 0.0910 e. The van der Waals surface area contributed by atoms with Crippen molar-refractivity contribution in [3.63, 3.8) is 0 Å². The zero-order valence-electron chi connectivity index (χ0n) is 9.08. The maximum atomic E-state index is 4.32. The van der Waals surface area contributed by atoms with E-state index in [1.807, 2.05) is 12.5 Å². The minimum atomic E-state index is 0.766. The van der Waals surface area contributed by atoms with Crippen LogP contribution in [0.25, 0.3) is 0 Å². The molecular weight excluding hydrogens is 172 g/mol. The van der Waals surface area contributed by atoms with Crippen molar-refractivity contribution in [3.8, 4) is 0 Å². The van der Waals surface area contributed by atoms with Crippen LogP contribution in [0.2, 0.25) is 0 Å². The summed E-state index contributed by atoms with van der Waals surface area (Å²) >= 11 is 0. The quantitative estimate of drug-likeness (QED) is 0.656. The molecule has 0 atom stereocenters. The SMILES string of the molecule is CCC1=CN=CN(C2CCCCC2)C1. The second-order valence-corrected chi connectivity index (χ2v) is 4.37. The number of hydrogen-bond donors (Lipinski definition) is 0. The molecule has 0 radical (unpaired) electrons. The second-order valence-electron chi connectivity index (χ2n) is 4.37. The van der Waals surface area contributed by atoms with E-state index in [1.165, 1.54) is 37.7 Å². The Hall–Kier alpha value is -0.790. The molecule has 0 bridgehead atoms. The molecule has 2 nitrogen and oxygen atoms in total. The molecule has 78 valence electrons. The lowest BCUT2D eigenvalue weighted by Gasteiger charge is -2.34. The third kappa shape index (κ3) is 2.17. The van der Waals surface area contributed by atoms with Gasteiger partial charge in [-0.3, -0.25) is 0 Å². The van der Waals surface area contributed by atoms with Crippen molar-refractivity contribution in [2.75, 3.05) is 6.54 Å². The fourth-order valence-electron chi connectivity index (χ4n) is 2.38. The Kier molecular flexibility index (Phi) is 3.22. The predicted octanol–water partition coefficient (Wildman–Crippen LogP) is 2.96. The molecule has 2 heteroatoms. The van der Waals surface area contributed by atoms with Crippen molar-refractivity contribution in [2.24, 2.45) is 4.99 Å². The maximum Gasteiger partial charge on any atom is 0.0910 e. The Labute approximate surface area is 86.7 Å². The van der Waals surface area contributed by atoms with E-state index in [1.54, 1.807) is 0 Å². The summed E-state index contributed by atoms with van der Waals surface area (Å²) in [6.45, 7) is 3.33. The van der Waals surface area contributed by atoms with Gasteiger partial charge in [0.25, 0.3) is 0 Å². The molecule has 0 amide bonds. The molecule has 0 spiro atoms. The average molecular weight is 192 g/mol. The molecule has 1 aliphatic carbocycles. The molecule has 1 aliphatic heterocycles. The monoisotopic (exact) mass is 192 g/mol. The fourth-order valence-corrected chi connectivity index (χ4v) is 2.38. The Balaban J connectivity index is 1.92. The van der Waals surface area contributed by atoms with E-state index >= 15 is 0 Å². The normalized spacial score (nSPS) is 23.8. The first-order valence-corrected chi connectivity index (χ1v) is 5.87. The molecule has 0 aromatic carbocycles. The average Bonchev–Trinajstić information content (AvgIpc) is 2.30. The zero-order valence-corrected chi connectivity index (χ0v) is 9.08. The van der Waals surface area contributed by atoms with Gasteiger partial charge in [-0.05, 0) is 24.8 Å². The molecule has 2 rings (SSSR count). The van der Waals surface area contributed by atoms with Crippen molar-refractivity contribution >= 4 is 6.34 Å². The van der Waals surface area contributed by atoms with Crippen molar-refractivity contribution in [3.05, 3.63) is 11.8 Å². The first-order chi connectivity index (χ1) is 6.90. The van der Waals surface area contributed by atoms with Crippen molar-refractivity contribution in [1.29, 1.82) is 0 Å². The van der Waals surface area contributed by atoms with E-state index in [0.29, 0.717) is 0 Å². The molecule has 0 aromatic heterocycles. The van der Waals surface area contributed by atoms with Gasteiger partial charge in [0.05, 0.1) is 6.34 Å². The van der Waals surface area contributed by atoms with Gasteiger partial charge in [-0.25, -0.2) is 4.99 Å². The van der Waals surface area contributed by atoms with E-state index in [9.17, 15) is 0 Å². The Morgan fingerprint density at radius 3 is 2.86 bits per heavy atom. The predicted molar refractivity (Wildman–Crippen MR) is 60.4 cm³/mol. The van der Waals surface area contributed by atoms with Gasteiger partial charge in [-0.15, -0.1) is 0 Å². The molecule has 0 N–H and O–H groups in total. The number of hydrogen-bond acceptors (Lipinski definition) is 2. The molecule has 0 aromatic rings. The third-order valence-corrected chi connectivity index (χ3v) is 3.36. The van der Waals surface area contributed by atoms with Gasteiger partial charge in [-0.1, -0.05) is 26.2 Å². The van der Waals surface area contributed by atoms with Crippen LogP contribution in [0, 0.1) is 0 Å². The third-order valence-electron chi connectivity index (χ3n) is 3.36. The van der Waals surface area contributed by atoms with E-state index < -0.39 is 0 Å². The zero-order chi connectivity index (χ0) is 9.80. The number of aliphatic imine (C=N–C) groups is 1. The Morgan fingerprint density at radius 2 is 2.14 bits per heavy atom. The Morgan fingerprint density at radius 1 is 1.36 bits per heavy atom. The highest BCUT2D eigenvalue weighted by Gasteiger charge is 2.20. The first kappa shape index (κ1) is 9.75. The molecule has 0 unspecified atom stereocenters. The minimum Gasteiger partial charge on any atom is -0.356 e. The topological polar surface area (TPSA) is 15.6 Å². The summed E-state index contributed by atoms with van der Waals surface area (Å²) in [5.74, 6) is 0. The van der Waals surface area contributed by atoms with Gasteiger partial charge in [-0.2, -0.15) is 0 Å². The highest BCUT2D eigenvalue weighted by Crippen LogP contribution is 2.23. The van der Waals surface area contributed by atoms with Crippen LogP contribution in [0.15, 0.2) is 16.8 Å². The van der Waals surface area contributed by atoms with Gasteiger partial charge in [0, 0.05) is 18.8 Å². The standard InChI is InChI=1S/C12H20N2/c1-2-11-8-13-10-14(9-11)12-6-4-3-5-7-12/h8,10,12H,2-7,9H2,1H3. The van der Waals surface area contributed by atoms with Crippen molar-refractivity contribution in [2.45, 2.75) is 51.5 Å². The van der Waals surface area contributed by atoms with Crippen LogP contribution < -0.4 is 0 Å². The summed E-state index contributed by atoms with van der Waals surface area (Å²) < 4.78 is 0. The van der Waals surface area contributed by atoms with Crippen LogP contribution in [0.1, 0.15) is 45.4 Å². The van der Waals surface area contributed by atoms with E-state index in [-0.39, 0.29) is 0 Å². The van der Waals surface area contributed by atoms with Crippen LogP contribution in [-0.2, 0) is 0 Å². The second kappa shape index (κ2) is 4.63. The van der Waals surface area contributed by atoms with E-state index in [0.717, 1.165) is 19.0 Å². The first-order valence-electron chi connectivity index (χ1n) is 5.87. The molecule has 14 heavy (non-hydrogen) atoms. The van der Waals surface area contributed by atoms with Crippen LogP contribution in [0.3, 0.4) is 0 Å². The molecule has 1 fully saturated rings. The molecule has 2 aliphatic rings. The minimum absolute atomic E-state index is 0.766. The summed E-state index contributed by atoms with van der Waals surface area (Å²) in [6.07, 6.45) is 12.2. The van der Waals surface area contributed by atoms with E-state index in [2.05, 4.69) is 16.8 Å². The molecular formula is C12H20N2. The Bertz CT molecular complexity index is 237. The lowest BCUT2D eigenvalue weighted by atomic mass is 9.94. The lowest BCUT2D eigenvalue weighted by Crippen LogP contribution is -2.38. The lowest BCUT2D eigenvalue weighted by molar-refractivity contribution is 0.260. The summed E-state index contributed by atoms with van der Waals surface area (Å²) in [5, 5.41) is 0. The van der Waals surface area contributed by atoms with Crippen LogP contribution in [0.4, 0.5) is 0 Å². The van der Waals surface area contributed by atoms with Gasteiger partial charge in [0.15, 0.2) is 0 Å². The van der Waals surface area contributed by atoms with Crippen LogP contribution in [-0.4, -0.2) is 23.8 Å². The maximum absolute atomic E-state index is 4.32. The van der Waals surface area contributed by atoms with Gasteiger partial charge >= 0.3 is 0 Å². The van der Waals surface area contributed by atoms with E-state index in [4.69, 9.17) is 0 Å². The summed E-state index contributed by atoms with van der Waals surface area (Å²) in [4.78, 5) is 6.77. The largest absolute Gasteiger partial charge is 0.356 e. The van der Waals surface area contributed by atoms with Crippen molar-refractivity contribution < 1.29 is 0 Å². The van der Waals surface area contributed by atoms with Gasteiger partial charge in [0.1, 0.15) is 0 Å². The summed E-state index contributed by atoms with van der Waals surface area (Å²) in [7, 11) is 0. The number of nitrogens with zero attached hydrogens (tertiary/aromatic N) is 2. The fraction of sp³-hybridized carbons (Fsp3) is 0.750. The highest BCUT2D eigenvalue weighted by atomic mass is 15.2. The molecule has 0 saturated heterocycles. The number of rotatable bonds is 2. The van der Waals surface area contributed by atoms with Crippen molar-refractivity contribution in [1.82, 2.24) is 4.90 Å². The summed E-state index contributed by atoms with van der Waals surface area (Å²) in [5.41, 5.74) is 1.47. The van der Waals surface area contributed by atoms with Crippen LogP contribution >= 0.6 is 0 Å². The van der Waals surface area contributed by atoms with Crippen LogP contribution in [0.5, 0.6) is 0 Å². The summed E-state index contributed by atoms with van der Waals surface area (Å²) in [6, 6.07) is 0.766. The van der Waals surface area contributed by atoms with Gasteiger partial charge in [0.2, 0.25) is 0 Å².